The number of pyridine rings is 1. The van der Waals surface area contributed by atoms with Crippen LogP contribution in [0.25, 0.3) is 22.0 Å². The quantitative estimate of drug-likeness (QED) is 0.407. The topological polar surface area (TPSA) is 134 Å². The highest BCUT2D eigenvalue weighted by Crippen LogP contribution is 2.26. The Morgan fingerprint density at radius 1 is 1.03 bits per heavy atom. The first-order valence-corrected chi connectivity index (χ1v) is 9.31. The van der Waals surface area contributed by atoms with Crippen LogP contribution in [0.2, 0.25) is 0 Å². The number of aromatic carboxylic acids is 1. The average molecular weight is 478 g/mol. The number of carbonyl (C=O) groups is 4. The SMILES string of the molecule is CON(CC=O)C(=O)c1ccnc2ccc(-c3ccc(C(=O)O)cc3)cc12.O=C(O)C(F)(F)F. The van der Waals surface area contributed by atoms with Crippen LogP contribution in [-0.4, -0.2) is 64.2 Å². The van der Waals surface area contributed by atoms with Gasteiger partial charge in [0.05, 0.1) is 23.8 Å². The van der Waals surface area contributed by atoms with Gasteiger partial charge in [-0.1, -0.05) is 18.2 Å². The summed E-state index contributed by atoms with van der Waals surface area (Å²) in [5, 5.41) is 17.7. The molecule has 0 spiro atoms. The molecule has 1 aromatic heterocycles. The van der Waals surface area contributed by atoms with Crippen LogP contribution < -0.4 is 0 Å². The van der Waals surface area contributed by atoms with Crippen LogP contribution in [0.5, 0.6) is 0 Å². The van der Waals surface area contributed by atoms with Crippen molar-refractivity contribution in [3.8, 4) is 11.1 Å². The van der Waals surface area contributed by atoms with E-state index in [1.54, 1.807) is 30.3 Å². The molecule has 34 heavy (non-hydrogen) atoms. The maximum absolute atomic E-state index is 12.7. The van der Waals surface area contributed by atoms with Crippen molar-refractivity contribution in [1.29, 1.82) is 0 Å². The summed E-state index contributed by atoms with van der Waals surface area (Å²) in [6.45, 7) is -0.185. The predicted molar refractivity (Wildman–Crippen MR) is 112 cm³/mol. The van der Waals surface area contributed by atoms with Gasteiger partial charge in [-0.2, -0.15) is 13.2 Å². The van der Waals surface area contributed by atoms with Gasteiger partial charge in [-0.25, -0.2) is 14.7 Å². The number of hydroxylamine groups is 2. The van der Waals surface area contributed by atoms with E-state index in [2.05, 4.69) is 4.98 Å². The molecular weight excluding hydrogens is 461 g/mol. The van der Waals surface area contributed by atoms with E-state index in [4.69, 9.17) is 19.8 Å². The molecule has 1 amide bonds. The van der Waals surface area contributed by atoms with Crippen LogP contribution >= 0.6 is 0 Å². The lowest BCUT2D eigenvalue weighted by Gasteiger charge is -2.18. The smallest absolute Gasteiger partial charge is 0.478 e. The summed E-state index contributed by atoms with van der Waals surface area (Å²) in [5.74, 6) is -4.20. The van der Waals surface area contributed by atoms with Crippen LogP contribution in [0.4, 0.5) is 13.2 Å². The molecule has 12 heteroatoms. The molecule has 0 aliphatic carbocycles. The minimum atomic E-state index is -5.08. The van der Waals surface area contributed by atoms with Crippen molar-refractivity contribution in [2.24, 2.45) is 0 Å². The Labute approximate surface area is 190 Å². The Morgan fingerprint density at radius 3 is 2.12 bits per heavy atom. The highest BCUT2D eigenvalue weighted by atomic mass is 19.4. The molecule has 0 atom stereocenters. The number of rotatable bonds is 6. The molecule has 0 bridgehead atoms. The lowest BCUT2D eigenvalue weighted by Crippen LogP contribution is -2.31. The fraction of sp³-hybridized carbons (Fsp3) is 0.136. The number of hydrogen-bond donors (Lipinski definition) is 2. The number of fused-ring (bicyclic) bond motifs is 1. The van der Waals surface area contributed by atoms with E-state index in [1.165, 1.54) is 25.4 Å². The molecule has 2 N–H and O–H groups in total. The van der Waals surface area contributed by atoms with Crippen LogP contribution in [0.3, 0.4) is 0 Å². The van der Waals surface area contributed by atoms with E-state index < -0.39 is 24.0 Å². The van der Waals surface area contributed by atoms with Gasteiger partial charge in [-0.3, -0.25) is 14.6 Å². The first kappa shape index (κ1) is 25.9. The molecule has 0 fully saturated rings. The molecule has 2 aromatic carbocycles. The molecule has 3 aromatic rings. The summed E-state index contributed by atoms with van der Waals surface area (Å²) < 4.78 is 31.7. The standard InChI is InChI=1S/C20H16N2O5.C2HF3O2/c1-27-22(10-11-23)19(24)16-8-9-21-18-7-6-15(12-17(16)18)13-2-4-14(5-3-13)20(25)26;3-2(4,5)1(6)7/h2-9,11-12H,10H2,1H3,(H,25,26);(H,6,7). The Bertz CT molecular complexity index is 1210. The summed E-state index contributed by atoms with van der Waals surface area (Å²) in [7, 11) is 1.32. The van der Waals surface area contributed by atoms with E-state index in [1.807, 2.05) is 6.07 Å². The highest BCUT2D eigenvalue weighted by molar-refractivity contribution is 6.07. The number of amides is 1. The Hall–Kier alpha value is -4.32. The van der Waals surface area contributed by atoms with Crippen LogP contribution in [0.15, 0.2) is 54.7 Å². The predicted octanol–water partition coefficient (Wildman–Crippen LogP) is 3.44. The second-order valence-corrected chi connectivity index (χ2v) is 6.49. The van der Waals surface area contributed by atoms with Gasteiger partial charge >= 0.3 is 18.1 Å². The lowest BCUT2D eigenvalue weighted by molar-refractivity contribution is -0.192. The number of aromatic nitrogens is 1. The van der Waals surface area contributed by atoms with E-state index in [0.717, 1.165) is 16.2 Å². The van der Waals surface area contributed by atoms with Gasteiger partial charge in [0, 0.05) is 11.6 Å². The second-order valence-electron chi connectivity index (χ2n) is 6.49. The minimum absolute atomic E-state index is 0.185. The van der Waals surface area contributed by atoms with Gasteiger partial charge in [0.15, 0.2) is 0 Å². The minimum Gasteiger partial charge on any atom is -0.478 e. The molecule has 1 heterocycles. The second kappa shape index (κ2) is 11.0. The summed E-state index contributed by atoms with van der Waals surface area (Å²) in [6, 6.07) is 13.5. The van der Waals surface area contributed by atoms with Gasteiger partial charge in [0.2, 0.25) is 0 Å². The number of hydrogen-bond acceptors (Lipinski definition) is 6. The van der Waals surface area contributed by atoms with Gasteiger partial charge in [-0.15, -0.1) is 0 Å². The molecule has 3 rings (SSSR count). The molecule has 0 saturated heterocycles. The molecule has 0 radical (unpaired) electrons. The van der Waals surface area contributed by atoms with Gasteiger partial charge in [-0.05, 0) is 41.5 Å². The van der Waals surface area contributed by atoms with E-state index in [9.17, 15) is 27.6 Å². The average Bonchev–Trinajstić information content (AvgIpc) is 2.81. The van der Waals surface area contributed by atoms with Gasteiger partial charge in [0.25, 0.3) is 5.91 Å². The number of halogens is 3. The third-order valence-corrected chi connectivity index (χ3v) is 4.37. The summed E-state index contributed by atoms with van der Waals surface area (Å²) in [5.41, 5.74) is 2.78. The molecular formula is C22H17F3N2O7. The number of carboxylic acids is 2. The molecule has 0 saturated carbocycles. The third kappa shape index (κ3) is 6.36. The van der Waals surface area contributed by atoms with Crippen molar-refractivity contribution in [3.05, 3.63) is 65.9 Å². The van der Waals surface area contributed by atoms with Crippen LogP contribution in [0, 0.1) is 0 Å². The first-order chi connectivity index (χ1) is 16.0. The van der Waals surface area contributed by atoms with Crippen LogP contribution in [0.1, 0.15) is 20.7 Å². The maximum atomic E-state index is 12.7. The number of benzene rings is 2. The van der Waals surface area contributed by atoms with Gasteiger partial charge < -0.3 is 15.0 Å². The number of aliphatic carboxylic acids is 1. The van der Waals surface area contributed by atoms with Crippen LogP contribution in [-0.2, 0) is 14.4 Å². The number of nitrogens with zero attached hydrogens (tertiary/aromatic N) is 2. The third-order valence-electron chi connectivity index (χ3n) is 4.37. The van der Waals surface area contributed by atoms with Crippen molar-refractivity contribution in [3.63, 3.8) is 0 Å². The summed E-state index contributed by atoms with van der Waals surface area (Å²) in [6.07, 6.45) is -2.98. The van der Waals surface area contributed by atoms with Gasteiger partial charge in [0.1, 0.15) is 12.8 Å². The van der Waals surface area contributed by atoms with Crippen molar-refractivity contribution >= 4 is 35.0 Å². The van der Waals surface area contributed by atoms with Crippen molar-refractivity contribution in [2.75, 3.05) is 13.7 Å². The van der Waals surface area contributed by atoms with Crippen molar-refractivity contribution in [1.82, 2.24) is 10.0 Å². The van der Waals surface area contributed by atoms with Crippen molar-refractivity contribution < 1.29 is 47.4 Å². The number of aldehydes is 1. The zero-order valence-electron chi connectivity index (χ0n) is 17.4. The van der Waals surface area contributed by atoms with E-state index in [0.29, 0.717) is 22.8 Å². The Kier molecular flexibility index (Phi) is 8.40. The fourth-order valence-corrected chi connectivity index (χ4v) is 2.76. The zero-order chi connectivity index (χ0) is 25.5. The Balaban J connectivity index is 0.000000509. The molecule has 178 valence electrons. The van der Waals surface area contributed by atoms with Crippen molar-refractivity contribution in [2.45, 2.75) is 6.18 Å². The first-order valence-electron chi connectivity index (χ1n) is 9.31. The normalized spacial score (nSPS) is 10.7. The highest BCUT2D eigenvalue weighted by Gasteiger charge is 2.38. The summed E-state index contributed by atoms with van der Waals surface area (Å²) >= 11 is 0. The molecule has 0 aliphatic rings. The number of carbonyl (C=O) groups excluding carboxylic acids is 2. The largest absolute Gasteiger partial charge is 0.490 e. The Morgan fingerprint density at radius 2 is 1.62 bits per heavy atom. The number of carboxylic acid groups (broad SMARTS) is 2. The van der Waals surface area contributed by atoms with E-state index in [-0.39, 0.29) is 12.1 Å². The monoisotopic (exact) mass is 478 g/mol. The molecule has 0 unspecified atom stereocenters. The zero-order valence-corrected chi connectivity index (χ0v) is 17.4. The fourth-order valence-electron chi connectivity index (χ4n) is 2.76. The molecule has 0 aliphatic heterocycles. The molecule has 9 nitrogen and oxygen atoms in total. The summed E-state index contributed by atoms with van der Waals surface area (Å²) in [4.78, 5) is 52.6. The lowest BCUT2D eigenvalue weighted by atomic mass is 9.99. The van der Waals surface area contributed by atoms with E-state index >= 15 is 0 Å². The maximum Gasteiger partial charge on any atom is 0.490 e. The number of alkyl halides is 3.